The molecule has 3 rings (SSSR count). The van der Waals surface area contributed by atoms with Gasteiger partial charge in [0.15, 0.2) is 0 Å². The molecule has 0 aliphatic carbocycles. The van der Waals surface area contributed by atoms with E-state index in [4.69, 9.17) is 11.6 Å². The summed E-state index contributed by atoms with van der Waals surface area (Å²) in [5, 5.41) is 4.10. The normalized spacial score (nSPS) is 18.8. The predicted octanol–water partition coefficient (Wildman–Crippen LogP) is 3.39. The fraction of sp³-hybridized carbons (Fsp3) is 0.385. The van der Waals surface area contributed by atoms with Crippen molar-refractivity contribution in [3.05, 3.63) is 39.9 Å². The average Bonchev–Trinajstić information content (AvgIpc) is 2.75. The second-order valence-electron chi connectivity index (χ2n) is 4.81. The number of benzene rings is 1. The van der Waals surface area contributed by atoms with Crippen LogP contribution < -0.4 is 4.90 Å². The molecule has 1 aromatic carbocycles. The van der Waals surface area contributed by atoms with Gasteiger partial charge in [0.25, 0.3) is 0 Å². The molecule has 0 radical (unpaired) electrons. The number of fused-ring (bicyclic) bond motifs is 1. The molecule has 0 saturated heterocycles. The zero-order valence-corrected chi connectivity index (χ0v) is 11.7. The minimum atomic E-state index is 0.658. The Hall–Kier alpha value is -1.13. The average molecular weight is 280 g/mol. The van der Waals surface area contributed by atoms with Gasteiger partial charge < -0.3 is 4.90 Å². The van der Waals surface area contributed by atoms with Crippen LogP contribution in [0.5, 0.6) is 0 Å². The minimum absolute atomic E-state index is 0.658. The third-order valence-electron chi connectivity index (χ3n) is 3.28. The van der Waals surface area contributed by atoms with E-state index in [0.717, 1.165) is 25.2 Å². The Morgan fingerprint density at radius 3 is 3.06 bits per heavy atom. The van der Waals surface area contributed by atoms with Gasteiger partial charge in [0.05, 0.1) is 6.54 Å². The topological polar surface area (TPSA) is 29.0 Å². The Morgan fingerprint density at radius 1 is 1.44 bits per heavy atom. The zero-order valence-electron chi connectivity index (χ0n) is 10.1. The molecule has 2 heterocycles. The lowest BCUT2D eigenvalue weighted by Gasteiger charge is -2.34. The van der Waals surface area contributed by atoms with Crippen LogP contribution in [0.1, 0.15) is 18.2 Å². The fourth-order valence-corrected chi connectivity index (χ4v) is 3.14. The molecule has 0 fully saturated rings. The third kappa shape index (κ3) is 2.22. The quantitative estimate of drug-likeness (QED) is 0.844. The highest BCUT2D eigenvalue weighted by Crippen LogP contribution is 2.31. The molecule has 0 saturated carbocycles. The van der Waals surface area contributed by atoms with Gasteiger partial charge in [-0.15, -0.1) is 5.10 Å². The molecule has 18 heavy (non-hydrogen) atoms. The fourth-order valence-electron chi connectivity index (χ4n) is 2.53. The number of hydrogen-bond acceptors (Lipinski definition) is 4. The first-order chi connectivity index (χ1) is 8.74. The molecular weight excluding hydrogens is 266 g/mol. The summed E-state index contributed by atoms with van der Waals surface area (Å²) in [6.07, 6.45) is 1.15. The van der Waals surface area contributed by atoms with Gasteiger partial charge in [0.1, 0.15) is 10.0 Å². The summed E-state index contributed by atoms with van der Waals surface area (Å²) in [4.78, 5) is 2.35. The lowest BCUT2D eigenvalue weighted by atomic mass is 9.94. The van der Waals surface area contributed by atoms with E-state index in [1.54, 1.807) is 0 Å². The van der Waals surface area contributed by atoms with Crippen LogP contribution in [0.2, 0.25) is 4.34 Å². The number of anilines is 1. The molecule has 1 aliphatic rings. The Labute approximate surface area is 116 Å². The highest BCUT2D eigenvalue weighted by Gasteiger charge is 2.22. The van der Waals surface area contributed by atoms with E-state index in [0.29, 0.717) is 10.3 Å². The van der Waals surface area contributed by atoms with E-state index in [2.05, 4.69) is 45.7 Å². The molecule has 1 atom stereocenters. The summed E-state index contributed by atoms with van der Waals surface area (Å²) in [6.45, 7) is 4.07. The summed E-state index contributed by atoms with van der Waals surface area (Å²) < 4.78 is 4.59. The van der Waals surface area contributed by atoms with Crippen LogP contribution in [0.3, 0.4) is 0 Å². The van der Waals surface area contributed by atoms with E-state index in [-0.39, 0.29) is 0 Å². The van der Waals surface area contributed by atoms with Gasteiger partial charge in [-0.25, -0.2) is 0 Å². The van der Waals surface area contributed by atoms with E-state index >= 15 is 0 Å². The molecule has 0 bridgehead atoms. The van der Waals surface area contributed by atoms with Gasteiger partial charge in [0.2, 0.25) is 0 Å². The van der Waals surface area contributed by atoms with Crippen molar-refractivity contribution in [1.82, 2.24) is 9.59 Å². The molecule has 1 aromatic heterocycles. The van der Waals surface area contributed by atoms with Crippen molar-refractivity contribution in [3.8, 4) is 0 Å². The first-order valence-electron chi connectivity index (χ1n) is 6.03. The Morgan fingerprint density at radius 2 is 2.28 bits per heavy atom. The molecule has 0 spiro atoms. The van der Waals surface area contributed by atoms with Crippen molar-refractivity contribution in [2.45, 2.75) is 19.9 Å². The van der Waals surface area contributed by atoms with Crippen molar-refractivity contribution < 1.29 is 0 Å². The van der Waals surface area contributed by atoms with E-state index < -0.39 is 0 Å². The van der Waals surface area contributed by atoms with Crippen molar-refractivity contribution in [3.63, 3.8) is 0 Å². The molecule has 2 aromatic rings. The molecular formula is C13H14ClN3S. The van der Waals surface area contributed by atoms with E-state index in [9.17, 15) is 0 Å². The summed E-state index contributed by atoms with van der Waals surface area (Å²) in [5.41, 5.74) is 3.60. The van der Waals surface area contributed by atoms with Gasteiger partial charge in [-0.3, -0.25) is 0 Å². The lowest BCUT2D eigenvalue weighted by molar-refractivity contribution is 0.528. The molecule has 94 valence electrons. The maximum atomic E-state index is 6.09. The van der Waals surface area contributed by atoms with Crippen LogP contribution in [0.25, 0.3) is 0 Å². The van der Waals surface area contributed by atoms with Crippen molar-refractivity contribution in [2.24, 2.45) is 5.92 Å². The molecule has 1 aliphatic heterocycles. The second kappa shape index (κ2) is 4.86. The molecule has 1 unspecified atom stereocenters. The van der Waals surface area contributed by atoms with Crippen LogP contribution in [-0.4, -0.2) is 16.1 Å². The Balaban J connectivity index is 1.91. The SMILES string of the molecule is CC1Cc2ccccc2N(Cc2nnsc2Cl)C1. The van der Waals surface area contributed by atoms with Crippen LogP contribution >= 0.6 is 23.1 Å². The number of nitrogens with zero attached hydrogens (tertiary/aromatic N) is 3. The summed E-state index contributed by atoms with van der Waals surface area (Å²) >= 11 is 7.34. The second-order valence-corrected chi connectivity index (χ2v) is 6.17. The minimum Gasteiger partial charge on any atom is -0.365 e. The molecule has 0 N–H and O–H groups in total. The number of aromatic nitrogens is 2. The van der Waals surface area contributed by atoms with Crippen LogP contribution in [0.4, 0.5) is 5.69 Å². The number of halogens is 1. The number of rotatable bonds is 2. The van der Waals surface area contributed by atoms with Crippen molar-refractivity contribution >= 4 is 28.8 Å². The molecule has 3 nitrogen and oxygen atoms in total. The van der Waals surface area contributed by atoms with Gasteiger partial charge in [-0.1, -0.05) is 41.2 Å². The molecule has 5 heteroatoms. The van der Waals surface area contributed by atoms with Gasteiger partial charge >= 0.3 is 0 Å². The third-order valence-corrected chi connectivity index (χ3v) is 4.27. The highest BCUT2D eigenvalue weighted by atomic mass is 35.5. The van der Waals surface area contributed by atoms with Crippen LogP contribution in [-0.2, 0) is 13.0 Å². The van der Waals surface area contributed by atoms with E-state index in [1.165, 1.54) is 22.8 Å². The monoisotopic (exact) mass is 279 g/mol. The molecule has 0 amide bonds. The largest absolute Gasteiger partial charge is 0.365 e. The maximum Gasteiger partial charge on any atom is 0.139 e. The predicted molar refractivity (Wildman–Crippen MR) is 75.3 cm³/mol. The first-order valence-corrected chi connectivity index (χ1v) is 7.19. The van der Waals surface area contributed by atoms with Crippen LogP contribution in [0.15, 0.2) is 24.3 Å². The van der Waals surface area contributed by atoms with Crippen LogP contribution in [0, 0.1) is 5.92 Å². The van der Waals surface area contributed by atoms with Gasteiger partial charge in [0, 0.05) is 23.8 Å². The number of para-hydroxylation sites is 1. The van der Waals surface area contributed by atoms with Gasteiger partial charge in [-0.05, 0) is 24.0 Å². The summed E-state index contributed by atoms with van der Waals surface area (Å²) in [7, 11) is 0. The first kappa shape index (κ1) is 11.9. The smallest absolute Gasteiger partial charge is 0.139 e. The lowest BCUT2D eigenvalue weighted by Crippen LogP contribution is -2.33. The highest BCUT2D eigenvalue weighted by molar-refractivity contribution is 7.10. The summed E-state index contributed by atoms with van der Waals surface area (Å²) in [5.74, 6) is 0.658. The zero-order chi connectivity index (χ0) is 12.5. The number of hydrogen-bond donors (Lipinski definition) is 0. The Bertz CT molecular complexity index is 555. The van der Waals surface area contributed by atoms with Gasteiger partial charge in [-0.2, -0.15) is 0 Å². The maximum absolute atomic E-state index is 6.09. The Kier molecular flexibility index (Phi) is 3.22. The van der Waals surface area contributed by atoms with Crippen molar-refractivity contribution in [1.29, 1.82) is 0 Å². The van der Waals surface area contributed by atoms with E-state index in [1.807, 2.05) is 0 Å². The van der Waals surface area contributed by atoms with Crippen molar-refractivity contribution in [2.75, 3.05) is 11.4 Å². The standard InChI is InChI=1S/C13H14ClN3S/c1-9-6-10-4-2-3-5-12(10)17(7-9)8-11-13(14)18-16-15-11/h2-5,9H,6-8H2,1H3. The summed E-state index contributed by atoms with van der Waals surface area (Å²) in [6, 6.07) is 8.57.